The second-order valence-electron chi connectivity index (χ2n) is 4.22. The van der Waals surface area contributed by atoms with Gasteiger partial charge in [-0.3, -0.25) is 4.79 Å². The first-order chi connectivity index (χ1) is 8.79. The smallest absolute Gasteiger partial charge is 0.303 e. The van der Waals surface area contributed by atoms with Crippen LogP contribution in [0.25, 0.3) is 11.3 Å². The van der Waals surface area contributed by atoms with E-state index < -0.39 is 17.6 Å². The number of alkyl halides is 3. The molecule has 0 aliphatic heterocycles. The molecule has 0 atom stereocenters. The van der Waals surface area contributed by atoms with E-state index in [0.29, 0.717) is 5.56 Å². The van der Waals surface area contributed by atoms with Crippen LogP contribution in [0, 0.1) is 13.8 Å². The number of halogens is 3. The van der Waals surface area contributed by atoms with Gasteiger partial charge in [-0.1, -0.05) is 18.2 Å². The maximum Gasteiger partial charge on any atom is 0.449 e. The summed E-state index contributed by atoms with van der Waals surface area (Å²) in [4.78, 5) is 16.5. The first-order valence-corrected chi connectivity index (χ1v) is 5.54. The highest BCUT2D eigenvalue weighted by Gasteiger charge is 2.34. The number of H-pyrrole nitrogens is 1. The fourth-order valence-corrected chi connectivity index (χ4v) is 1.76. The van der Waals surface area contributed by atoms with Gasteiger partial charge in [-0.05, 0) is 25.0 Å². The molecule has 0 radical (unpaired) electrons. The summed E-state index contributed by atoms with van der Waals surface area (Å²) in [5, 5.41) is 0. The Morgan fingerprint density at radius 3 is 2.53 bits per heavy atom. The van der Waals surface area contributed by atoms with Gasteiger partial charge < -0.3 is 4.98 Å². The number of aryl methyl sites for hydroxylation is 1. The van der Waals surface area contributed by atoms with E-state index in [1.54, 1.807) is 24.0 Å². The number of rotatable bonds is 1. The van der Waals surface area contributed by atoms with Crippen LogP contribution in [0.4, 0.5) is 13.2 Å². The van der Waals surface area contributed by atoms with Crippen molar-refractivity contribution < 1.29 is 13.2 Å². The molecule has 0 bridgehead atoms. The van der Waals surface area contributed by atoms with E-state index in [9.17, 15) is 18.0 Å². The fraction of sp³-hybridized carbons (Fsp3) is 0.231. The van der Waals surface area contributed by atoms with Gasteiger partial charge in [0, 0.05) is 11.6 Å². The van der Waals surface area contributed by atoms with Crippen molar-refractivity contribution in [3.8, 4) is 11.3 Å². The summed E-state index contributed by atoms with van der Waals surface area (Å²) < 4.78 is 37.8. The van der Waals surface area contributed by atoms with Crippen LogP contribution in [0.1, 0.15) is 17.0 Å². The van der Waals surface area contributed by atoms with Crippen LogP contribution < -0.4 is 5.56 Å². The minimum Gasteiger partial charge on any atom is -0.303 e. The van der Waals surface area contributed by atoms with Crippen molar-refractivity contribution in [3.63, 3.8) is 0 Å². The highest BCUT2D eigenvalue weighted by Crippen LogP contribution is 2.28. The maximum absolute atomic E-state index is 12.6. The van der Waals surface area contributed by atoms with Gasteiger partial charge in [0.05, 0.1) is 5.69 Å². The van der Waals surface area contributed by atoms with Crippen LogP contribution in [0.2, 0.25) is 0 Å². The molecule has 2 aromatic rings. The van der Waals surface area contributed by atoms with E-state index in [-0.39, 0.29) is 5.69 Å². The van der Waals surface area contributed by atoms with E-state index in [1.165, 1.54) is 0 Å². The Morgan fingerprint density at radius 1 is 1.21 bits per heavy atom. The van der Waals surface area contributed by atoms with Gasteiger partial charge in [-0.15, -0.1) is 0 Å². The summed E-state index contributed by atoms with van der Waals surface area (Å²) in [6.45, 7) is 3.62. The van der Waals surface area contributed by atoms with Crippen molar-refractivity contribution in [2.24, 2.45) is 0 Å². The summed E-state index contributed by atoms with van der Waals surface area (Å²) in [6, 6.07) is 6.27. The number of nitrogens with zero attached hydrogens (tertiary/aromatic N) is 1. The SMILES string of the molecule is Cc1cccc(-c2cc(=O)[nH]c(C(F)(F)F)n2)c1C. The Hall–Kier alpha value is -2.11. The van der Waals surface area contributed by atoms with Gasteiger partial charge in [0.25, 0.3) is 5.56 Å². The van der Waals surface area contributed by atoms with Gasteiger partial charge in [-0.25, -0.2) is 4.98 Å². The molecule has 0 spiro atoms. The largest absolute Gasteiger partial charge is 0.449 e. The molecule has 1 aromatic heterocycles. The molecule has 1 N–H and O–H groups in total. The van der Waals surface area contributed by atoms with Crippen LogP contribution >= 0.6 is 0 Å². The van der Waals surface area contributed by atoms with Gasteiger partial charge in [-0.2, -0.15) is 13.2 Å². The lowest BCUT2D eigenvalue weighted by Crippen LogP contribution is -2.19. The fourth-order valence-electron chi connectivity index (χ4n) is 1.76. The molecule has 0 aliphatic rings. The van der Waals surface area contributed by atoms with Crippen LogP contribution in [-0.2, 0) is 6.18 Å². The molecule has 6 heteroatoms. The van der Waals surface area contributed by atoms with Gasteiger partial charge >= 0.3 is 6.18 Å². The lowest BCUT2D eigenvalue weighted by Gasteiger charge is -2.10. The zero-order valence-corrected chi connectivity index (χ0v) is 10.3. The molecular weight excluding hydrogens is 257 g/mol. The van der Waals surface area contributed by atoms with Gasteiger partial charge in [0.1, 0.15) is 0 Å². The Bertz CT molecular complexity index is 674. The molecule has 19 heavy (non-hydrogen) atoms. The third-order valence-corrected chi connectivity index (χ3v) is 2.89. The standard InChI is InChI=1S/C13H11F3N2O/c1-7-4-3-5-9(8(7)2)10-6-11(19)18-12(17-10)13(14,15)16/h3-6H,1-2H3,(H,17,18,19). The predicted molar refractivity (Wildman–Crippen MR) is 64.8 cm³/mol. The van der Waals surface area contributed by atoms with Crippen molar-refractivity contribution >= 4 is 0 Å². The van der Waals surface area contributed by atoms with E-state index in [4.69, 9.17) is 0 Å². The van der Waals surface area contributed by atoms with E-state index in [2.05, 4.69) is 4.98 Å². The van der Waals surface area contributed by atoms with Crippen molar-refractivity contribution in [1.29, 1.82) is 0 Å². The average molecular weight is 268 g/mol. The molecule has 0 amide bonds. The summed E-state index contributed by atoms with van der Waals surface area (Å²) in [7, 11) is 0. The summed E-state index contributed by atoms with van der Waals surface area (Å²) in [6.07, 6.45) is -4.67. The van der Waals surface area contributed by atoms with Crippen LogP contribution in [0.5, 0.6) is 0 Å². The topological polar surface area (TPSA) is 45.8 Å². The molecule has 0 aliphatic carbocycles. The molecule has 2 rings (SSSR count). The Balaban J connectivity index is 2.67. The number of hydrogen-bond acceptors (Lipinski definition) is 2. The highest BCUT2D eigenvalue weighted by molar-refractivity contribution is 5.64. The molecular formula is C13H11F3N2O. The molecule has 1 heterocycles. The minimum atomic E-state index is -4.67. The van der Waals surface area contributed by atoms with Gasteiger partial charge in [0.15, 0.2) is 0 Å². The molecule has 0 saturated carbocycles. The Kier molecular flexibility index (Phi) is 3.18. The van der Waals surface area contributed by atoms with Crippen molar-refractivity contribution in [2.45, 2.75) is 20.0 Å². The molecule has 3 nitrogen and oxygen atoms in total. The number of benzene rings is 1. The van der Waals surface area contributed by atoms with Crippen LogP contribution in [0.15, 0.2) is 29.1 Å². The summed E-state index contributed by atoms with van der Waals surface area (Å²) >= 11 is 0. The average Bonchev–Trinajstić information content (AvgIpc) is 2.31. The molecule has 0 saturated heterocycles. The van der Waals surface area contributed by atoms with Crippen molar-refractivity contribution in [3.05, 3.63) is 51.6 Å². The molecule has 1 aromatic carbocycles. The molecule has 0 unspecified atom stereocenters. The lowest BCUT2D eigenvalue weighted by molar-refractivity contribution is -0.145. The Morgan fingerprint density at radius 2 is 1.89 bits per heavy atom. The second kappa shape index (κ2) is 4.53. The van der Waals surface area contributed by atoms with Crippen LogP contribution in [0.3, 0.4) is 0 Å². The second-order valence-corrected chi connectivity index (χ2v) is 4.22. The summed E-state index contributed by atoms with van der Waals surface area (Å²) in [5.74, 6) is -1.28. The zero-order chi connectivity index (χ0) is 14.2. The first kappa shape index (κ1) is 13.3. The van der Waals surface area contributed by atoms with Crippen molar-refractivity contribution in [2.75, 3.05) is 0 Å². The van der Waals surface area contributed by atoms with E-state index in [1.807, 2.05) is 13.0 Å². The van der Waals surface area contributed by atoms with E-state index in [0.717, 1.165) is 17.2 Å². The van der Waals surface area contributed by atoms with E-state index >= 15 is 0 Å². The quantitative estimate of drug-likeness (QED) is 0.863. The number of hydrogen-bond donors (Lipinski definition) is 1. The minimum absolute atomic E-state index is 0.0253. The number of aromatic nitrogens is 2. The van der Waals surface area contributed by atoms with Crippen LogP contribution in [-0.4, -0.2) is 9.97 Å². The number of nitrogens with one attached hydrogen (secondary N) is 1. The molecule has 0 fully saturated rings. The third-order valence-electron chi connectivity index (χ3n) is 2.89. The Labute approximate surface area is 107 Å². The third kappa shape index (κ3) is 2.67. The molecule has 100 valence electrons. The normalized spacial score (nSPS) is 11.6. The summed E-state index contributed by atoms with van der Waals surface area (Å²) in [5.41, 5.74) is 1.45. The first-order valence-electron chi connectivity index (χ1n) is 5.54. The maximum atomic E-state index is 12.6. The lowest BCUT2D eigenvalue weighted by atomic mass is 10.0. The zero-order valence-electron chi connectivity index (χ0n) is 10.3. The monoisotopic (exact) mass is 268 g/mol. The van der Waals surface area contributed by atoms with Gasteiger partial charge in [0.2, 0.25) is 5.82 Å². The van der Waals surface area contributed by atoms with Crippen molar-refractivity contribution in [1.82, 2.24) is 9.97 Å². The highest BCUT2D eigenvalue weighted by atomic mass is 19.4. The number of aromatic amines is 1. The predicted octanol–water partition coefficient (Wildman–Crippen LogP) is 3.07.